The van der Waals surface area contributed by atoms with E-state index in [1.54, 1.807) is 31.2 Å². The van der Waals surface area contributed by atoms with E-state index in [2.05, 4.69) is 5.32 Å². The highest BCUT2D eigenvalue weighted by Crippen LogP contribution is 2.33. The number of carboxylic acid groups (broad SMARTS) is 1. The largest absolute Gasteiger partial charge is 0.496 e. The van der Waals surface area contributed by atoms with E-state index < -0.39 is 17.7 Å². The normalized spacial score (nSPS) is 12.6. The molecule has 0 saturated carbocycles. The minimum absolute atomic E-state index is 0.0166. The number of ether oxygens (including phenoxy) is 1. The summed E-state index contributed by atoms with van der Waals surface area (Å²) in [6.07, 6.45) is -4.55. The lowest BCUT2D eigenvalue weighted by atomic mass is 10.0. The summed E-state index contributed by atoms with van der Waals surface area (Å²) in [7, 11) is 1.41. The van der Waals surface area contributed by atoms with Gasteiger partial charge in [0, 0.05) is 34.8 Å². The summed E-state index contributed by atoms with van der Waals surface area (Å²) >= 11 is 6.15. The van der Waals surface area contributed by atoms with Crippen molar-refractivity contribution in [3.8, 4) is 5.75 Å². The minimum Gasteiger partial charge on any atom is -0.496 e. The molecule has 0 aliphatic heterocycles. The molecule has 2 N–H and O–H groups in total. The topological polar surface area (TPSA) is 91.2 Å². The van der Waals surface area contributed by atoms with Gasteiger partial charge in [0.25, 0.3) is 5.91 Å². The van der Waals surface area contributed by atoms with E-state index in [1.807, 2.05) is 48.3 Å². The van der Waals surface area contributed by atoms with Crippen molar-refractivity contribution in [3.63, 3.8) is 0 Å². The van der Waals surface area contributed by atoms with Gasteiger partial charge >= 0.3 is 12.1 Å². The van der Waals surface area contributed by atoms with Crippen molar-refractivity contribution in [3.05, 3.63) is 112 Å². The first-order valence-corrected chi connectivity index (χ1v) is 14.5. The van der Waals surface area contributed by atoms with Crippen molar-refractivity contribution in [2.24, 2.45) is 5.10 Å². The summed E-state index contributed by atoms with van der Waals surface area (Å²) in [4.78, 5) is 23.2. The standard InChI is InChI=1S/C34H33ClF3N3O4/c1-21(16-28-18-29(34(36,37)38)11-13-31(28)45-3)40-41(20-23-4-5-27-19-30(35)12-10-26(27)17-23)22(2)24-6-8-25(9-7-24)33(44)39-15-14-32(42)43/h4-13,17-19,22H,14-16,20H2,1-3H3,(H,39,44)(H,42,43)/b40-21+. The van der Waals surface area contributed by atoms with Gasteiger partial charge in [0.1, 0.15) is 5.75 Å². The number of aliphatic carboxylic acids is 1. The molecular weight excluding hydrogens is 607 g/mol. The quantitative estimate of drug-likeness (QED) is 0.121. The van der Waals surface area contributed by atoms with E-state index in [0.29, 0.717) is 34.2 Å². The molecule has 0 aromatic heterocycles. The molecule has 0 bridgehead atoms. The number of carbonyl (C=O) groups is 2. The Morgan fingerprint density at radius 2 is 1.69 bits per heavy atom. The summed E-state index contributed by atoms with van der Waals surface area (Å²) in [6.45, 7) is 4.10. The third-order valence-electron chi connectivity index (χ3n) is 7.29. The maximum atomic E-state index is 13.5. The van der Waals surface area contributed by atoms with Crippen LogP contribution in [0.25, 0.3) is 10.8 Å². The fourth-order valence-electron chi connectivity index (χ4n) is 4.90. The van der Waals surface area contributed by atoms with E-state index >= 15 is 0 Å². The van der Waals surface area contributed by atoms with Crippen molar-refractivity contribution < 1.29 is 32.6 Å². The van der Waals surface area contributed by atoms with Gasteiger partial charge < -0.3 is 15.2 Å². The Kier molecular flexibility index (Phi) is 10.7. The first-order chi connectivity index (χ1) is 21.3. The van der Waals surface area contributed by atoms with Gasteiger partial charge in [0.15, 0.2) is 0 Å². The molecule has 0 aliphatic carbocycles. The van der Waals surface area contributed by atoms with Gasteiger partial charge in [-0.25, -0.2) is 0 Å². The zero-order valence-corrected chi connectivity index (χ0v) is 25.7. The van der Waals surface area contributed by atoms with Gasteiger partial charge in [-0.2, -0.15) is 18.3 Å². The second-order valence-electron chi connectivity index (χ2n) is 10.7. The molecule has 4 aromatic rings. The van der Waals surface area contributed by atoms with E-state index in [1.165, 1.54) is 13.2 Å². The van der Waals surface area contributed by atoms with Crippen LogP contribution in [0.1, 0.15) is 58.9 Å². The number of hydrogen-bond acceptors (Lipinski definition) is 5. The summed E-state index contributed by atoms with van der Waals surface area (Å²) in [6, 6.07) is 21.6. The molecule has 4 rings (SSSR count). The number of hydrogen-bond donors (Lipinski definition) is 2. The predicted octanol–water partition coefficient (Wildman–Crippen LogP) is 7.91. The zero-order valence-electron chi connectivity index (χ0n) is 25.0. The number of methoxy groups -OCH3 is 1. The van der Waals surface area contributed by atoms with Crippen LogP contribution < -0.4 is 10.1 Å². The molecule has 236 valence electrons. The summed E-state index contributed by atoms with van der Waals surface area (Å²) in [5, 5.41) is 20.7. The number of amides is 1. The maximum Gasteiger partial charge on any atom is 0.416 e. The van der Waals surface area contributed by atoms with Gasteiger partial charge in [0.2, 0.25) is 0 Å². The molecule has 0 spiro atoms. The SMILES string of the molecule is COc1ccc(C(F)(F)F)cc1C/C(C)=N/N(Cc1ccc2cc(Cl)ccc2c1)C(C)c1ccc(C(=O)NCCC(=O)O)cc1. The van der Waals surface area contributed by atoms with Gasteiger partial charge in [-0.15, -0.1) is 0 Å². The highest BCUT2D eigenvalue weighted by Gasteiger charge is 2.31. The number of alkyl halides is 3. The van der Waals surface area contributed by atoms with Crippen LogP contribution in [0.4, 0.5) is 13.2 Å². The second-order valence-corrected chi connectivity index (χ2v) is 11.1. The first kappa shape index (κ1) is 33.3. The Balaban J connectivity index is 1.64. The van der Waals surface area contributed by atoms with E-state index in [-0.39, 0.29) is 31.3 Å². The number of carboxylic acids is 1. The van der Waals surface area contributed by atoms with E-state index in [9.17, 15) is 22.8 Å². The maximum absolute atomic E-state index is 13.5. The Hall–Kier alpha value is -4.57. The summed E-state index contributed by atoms with van der Waals surface area (Å²) in [5.74, 6) is -1.05. The van der Waals surface area contributed by atoms with Crippen LogP contribution in [-0.4, -0.2) is 41.4 Å². The third-order valence-corrected chi connectivity index (χ3v) is 7.53. The van der Waals surface area contributed by atoms with Crippen molar-refractivity contribution in [1.82, 2.24) is 10.3 Å². The molecule has 0 aliphatic rings. The van der Waals surface area contributed by atoms with Crippen molar-refractivity contribution in [1.29, 1.82) is 0 Å². The zero-order chi connectivity index (χ0) is 32.7. The highest BCUT2D eigenvalue weighted by molar-refractivity contribution is 6.31. The number of hydrazone groups is 1. The molecule has 45 heavy (non-hydrogen) atoms. The van der Waals surface area contributed by atoms with Crippen LogP contribution in [-0.2, 0) is 23.9 Å². The Morgan fingerprint density at radius 1 is 1.00 bits per heavy atom. The molecule has 0 saturated heterocycles. The number of fused-ring (bicyclic) bond motifs is 1. The van der Waals surface area contributed by atoms with Crippen LogP contribution in [0.15, 0.2) is 84.0 Å². The van der Waals surface area contributed by atoms with Crippen molar-refractivity contribution in [2.75, 3.05) is 13.7 Å². The molecule has 4 aromatic carbocycles. The van der Waals surface area contributed by atoms with Crippen LogP contribution in [0.5, 0.6) is 5.75 Å². The third kappa shape index (κ3) is 8.98. The predicted molar refractivity (Wildman–Crippen MR) is 169 cm³/mol. The van der Waals surface area contributed by atoms with E-state index in [4.69, 9.17) is 26.5 Å². The molecule has 0 heterocycles. The van der Waals surface area contributed by atoms with E-state index in [0.717, 1.165) is 34.0 Å². The Labute approximate surface area is 264 Å². The van der Waals surface area contributed by atoms with Gasteiger partial charge in [-0.05, 0) is 84.3 Å². The molecule has 0 fully saturated rings. The second kappa shape index (κ2) is 14.5. The first-order valence-electron chi connectivity index (χ1n) is 14.2. The van der Waals surface area contributed by atoms with Crippen LogP contribution in [0, 0.1) is 0 Å². The van der Waals surface area contributed by atoms with Crippen LogP contribution in [0.2, 0.25) is 5.02 Å². The number of nitrogens with zero attached hydrogens (tertiary/aromatic N) is 2. The number of rotatable bonds is 12. The lowest BCUT2D eigenvalue weighted by Gasteiger charge is -2.28. The number of carbonyl (C=O) groups excluding carboxylic acids is 1. The van der Waals surface area contributed by atoms with Crippen LogP contribution in [0.3, 0.4) is 0 Å². The Bertz CT molecular complexity index is 1710. The van der Waals surface area contributed by atoms with Crippen molar-refractivity contribution >= 4 is 40.0 Å². The van der Waals surface area contributed by atoms with Gasteiger partial charge in [-0.1, -0.05) is 41.9 Å². The number of nitrogens with one attached hydrogen (secondary N) is 1. The summed E-state index contributed by atoms with van der Waals surface area (Å²) in [5.41, 5.74) is 2.35. The molecule has 0 radical (unpaired) electrons. The fraction of sp³-hybridized carbons (Fsp3) is 0.265. The lowest BCUT2D eigenvalue weighted by Crippen LogP contribution is -2.26. The number of halogens is 4. The molecule has 1 amide bonds. The fourth-order valence-corrected chi connectivity index (χ4v) is 5.08. The van der Waals surface area contributed by atoms with Crippen LogP contribution >= 0.6 is 11.6 Å². The molecule has 1 unspecified atom stereocenters. The summed E-state index contributed by atoms with van der Waals surface area (Å²) < 4.78 is 45.7. The lowest BCUT2D eigenvalue weighted by molar-refractivity contribution is -0.138. The molecule has 7 nitrogen and oxygen atoms in total. The van der Waals surface area contributed by atoms with Gasteiger partial charge in [0.05, 0.1) is 31.7 Å². The minimum atomic E-state index is -4.49. The monoisotopic (exact) mass is 639 g/mol. The molecular formula is C34H33ClF3N3O4. The smallest absolute Gasteiger partial charge is 0.416 e. The van der Waals surface area contributed by atoms with Gasteiger partial charge in [-0.3, -0.25) is 14.6 Å². The highest BCUT2D eigenvalue weighted by atomic mass is 35.5. The average molecular weight is 640 g/mol. The Morgan fingerprint density at radius 3 is 2.36 bits per heavy atom. The number of benzene rings is 4. The van der Waals surface area contributed by atoms with Crippen molar-refractivity contribution in [2.45, 2.75) is 45.5 Å². The average Bonchev–Trinajstić information content (AvgIpc) is 2.99. The molecule has 1 atom stereocenters. The molecule has 11 heteroatoms.